The van der Waals surface area contributed by atoms with Gasteiger partial charge in [-0.05, 0) is 43.0 Å². The van der Waals surface area contributed by atoms with Crippen molar-refractivity contribution >= 4 is 23.2 Å². The summed E-state index contributed by atoms with van der Waals surface area (Å²) in [4.78, 5) is 25.0. The molecule has 114 valence electrons. The molecule has 1 aliphatic rings. The Labute approximate surface area is 125 Å². The summed E-state index contributed by atoms with van der Waals surface area (Å²) in [7, 11) is 0. The molecule has 2 amide bonds. The second-order valence-electron chi connectivity index (χ2n) is 5.68. The first-order chi connectivity index (χ1) is 10.0. The summed E-state index contributed by atoms with van der Waals surface area (Å²) >= 11 is 0. The third-order valence-electron chi connectivity index (χ3n) is 3.79. The highest BCUT2D eigenvalue weighted by molar-refractivity contribution is 5.88. The molecule has 1 heterocycles. The van der Waals surface area contributed by atoms with Crippen molar-refractivity contribution < 1.29 is 9.59 Å². The van der Waals surface area contributed by atoms with E-state index in [4.69, 9.17) is 0 Å². The maximum absolute atomic E-state index is 12.1. The first-order valence-corrected chi connectivity index (χ1v) is 7.44. The molecule has 0 radical (unpaired) electrons. The number of likely N-dealkylation sites (tertiary alicyclic amines) is 1. The smallest absolute Gasteiger partial charge is 0.241 e. The second kappa shape index (κ2) is 7.11. The molecule has 0 atom stereocenters. The van der Waals surface area contributed by atoms with Gasteiger partial charge in [-0.15, -0.1) is 0 Å². The predicted octanol–water partition coefficient (Wildman–Crippen LogP) is 2.32. The van der Waals surface area contributed by atoms with E-state index in [0.717, 1.165) is 43.2 Å². The fraction of sp³-hybridized carbons (Fsp3) is 0.500. The maximum atomic E-state index is 12.1. The van der Waals surface area contributed by atoms with Gasteiger partial charge in [0, 0.05) is 31.4 Å². The van der Waals surface area contributed by atoms with Crippen molar-refractivity contribution in [2.45, 2.75) is 26.7 Å². The van der Waals surface area contributed by atoms with E-state index in [-0.39, 0.29) is 11.8 Å². The maximum Gasteiger partial charge on any atom is 0.241 e. The minimum Gasteiger partial charge on any atom is -0.376 e. The van der Waals surface area contributed by atoms with E-state index in [1.165, 1.54) is 6.92 Å². The van der Waals surface area contributed by atoms with Gasteiger partial charge in [0.25, 0.3) is 0 Å². The summed E-state index contributed by atoms with van der Waals surface area (Å²) in [6, 6.07) is 7.35. The normalized spacial score (nSPS) is 15.6. The second-order valence-corrected chi connectivity index (χ2v) is 5.68. The van der Waals surface area contributed by atoms with Crippen LogP contribution in [0.25, 0.3) is 0 Å². The van der Waals surface area contributed by atoms with Crippen LogP contribution >= 0.6 is 0 Å². The van der Waals surface area contributed by atoms with Gasteiger partial charge in [0.2, 0.25) is 11.8 Å². The fourth-order valence-corrected chi connectivity index (χ4v) is 2.42. The van der Waals surface area contributed by atoms with Gasteiger partial charge in [-0.2, -0.15) is 0 Å². The number of benzene rings is 1. The number of amides is 2. The molecule has 1 fully saturated rings. The number of anilines is 2. The molecule has 2 rings (SSSR count). The molecule has 21 heavy (non-hydrogen) atoms. The Kier molecular flexibility index (Phi) is 5.20. The lowest BCUT2D eigenvalue weighted by molar-refractivity contribution is -0.130. The molecule has 5 heteroatoms. The van der Waals surface area contributed by atoms with Crippen LogP contribution in [-0.4, -0.2) is 36.3 Å². The summed E-state index contributed by atoms with van der Waals surface area (Å²) in [5.41, 5.74) is 1.63. The number of nitrogens with zero attached hydrogens (tertiary/aromatic N) is 1. The minimum absolute atomic E-state index is 0.0924. The Morgan fingerprint density at radius 2 is 1.71 bits per heavy atom. The van der Waals surface area contributed by atoms with Gasteiger partial charge < -0.3 is 15.5 Å². The van der Waals surface area contributed by atoms with Gasteiger partial charge in [-0.25, -0.2) is 0 Å². The molecule has 5 nitrogen and oxygen atoms in total. The van der Waals surface area contributed by atoms with E-state index in [0.29, 0.717) is 6.54 Å². The van der Waals surface area contributed by atoms with Gasteiger partial charge in [0.05, 0.1) is 6.54 Å². The van der Waals surface area contributed by atoms with Gasteiger partial charge in [0.1, 0.15) is 0 Å². The monoisotopic (exact) mass is 289 g/mol. The SMILES string of the molecule is CC(=O)Nc1ccc(NCC(=O)N2CCC(C)CC2)cc1. The Hall–Kier alpha value is -2.04. The largest absolute Gasteiger partial charge is 0.376 e. The van der Waals surface area contributed by atoms with E-state index < -0.39 is 0 Å². The van der Waals surface area contributed by atoms with E-state index in [2.05, 4.69) is 17.6 Å². The molecule has 0 bridgehead atoms. The number of carbonyl (C=O) groups is 2. The van der Waals surface area contributed by atoms with Crippen molar-refractivity contribution in [3.8, 4) is 0 Å². The number of hydrogen-bond acceptors (Lipinski definition) is 3. The summed E-state index contributed by atoms with van der Waals surface area (Å²) in [6.45, 7) is 5.75. The van der Waals surface area contributed by atoms with E-state index in [1.807, 2.05) is 29.2 Å². The van der Waals surface area contributed by atoms with Crippen molar-refractivity contribution in [2.24, 2.45) is 5.92 Å². The Balaban J connectivity index is 1.79. The third-order valence-corrected chi connectivity index (χ3v) is 3.79. The van der Waals surface area contributed by atoms with Gasteiger partial charge in [-0.3, -0.25) is 9.59 Å². The van der Waals surface area contributed by atoms with Crippen molar-refractivity contribution in [2.75, 3.05) is 30.3 Å². The summed E-state index contributed by atoms with van der Waals surface area (Å²) < 4.78 is 0. The first-order valence-electron chi connectivity index (χ1n) is 7.44. The fourth-order valence-electron chi connectivity index (χ4n) is 2.42. The quantitative estimate of drug-likeness (QED) is 0.894. The average Bonchev–Trinajstić information content (AvgIpc) is 2.46. The zero-order chi connectivity index (χ0) is 15.2. The topological polar surface area (TPSA) is 61.4 Å². The zero-order valence-corrected chi connectivity index (χ0v) is 12.7. The Morgan fingerprint density at radius 1 is 1.14 bits per heavy atom. The average molecular weight is 289 g/mol. The molecule has 2 N–H and O–H groups in total. The van der Waals surface area contributed by atoms with Crippen LogP contribution in [0.5, 0.6) is 0 Å². The van der Waals surface area contributed by atoms with Crippen LogP contribution in [0, 0.1) is 5.92 Å². The van der Waals surface area contributed by atoms with Crippen molar-refractivity contribution in [3.05, 3.63) is 24.3 Å². The molecular formula is C16H23N3O2. The zero-order valence-electron chi connectivity index (χ0n) is 12.7. The molecule has 1 aromatic rings. The lowest BCUT2D eigenvalue weighted by atomic mass is 9.99. The summed E-state index contributed by atoms with van der Waals surface area (Å²) in [5, 5.41) is 5.84. The summed E-state index contributed by atoms with van der Waals surface area (Å²) in [6.07, 6.45) is 2.19. The highest BCUT2D eigenvalue weighted by Gasteiger charge is 2.19. The van der Waals surface area contributed by atoms with Crippen LogP contribution in [0.2, 0.25) is 0 Å². The number of piperidine rings is 1. The van der Waals surface area contributed by atoms with Gasteiger partial charge >= 0.3 is 0 Å². The van der Waals surface area contributed by atoms with Crippen molar-refractivity contribution in [1.82, 2.24) is 4.90 Å². The van der Waals surface area contributed by atoms with Crippen molar-refractivity contribution in [1.29, 1.82) is 0 Å². The lowest BCUT2D eigenvalue weighted by Crippen LogP contribution is -2.40. The van der Waals surface area contributed by atoms with Crippen LogP contribution in [0.1, 0.15) is 26.7 Å². The number of rotatable bonds is 4. The van der Waals surface area contributed by atoms with E-state index in [9.17, 15) is 9.59 Å². The number of hydrogen-bond donors (Lipinski definition) is 2. The van der Waals surface area contributed by atoms with Crippen LogP contribution in [0.15, 0.2) is 24.3 Å². The molecule has 0 aromatic heterocycles. The number of nitrogens with one attached hydrogen (secondary N) is 2. The molecule has 0 unspecified atom stereocenters. The van der Waals surface area contributed by atoms with E-state index in [1.54, 1.807) is 0 Å². The van der Waals surface area contributed by atoms with Crippen LogP contribution in [0.3, 0.4) is 0 Å². The van der Waals surface area contributed by atoms with Crippen LogP contribution in [0.4, 0.5) is 11.4 Å². The molecule has 0 aliphatic carbocycles. The Morgan fingerprint density at radius 3 is 2.29 bits per heavy atom. The highest BCUT2D eigenvalue weighted by Crippen LogP contribution is 2.17. The van der Waals surface area contributed by atoms with Crippen LogP contribution < -0.4 is 10.6 Å². The van der Waals surface area contributed by atoms with Crippen molar-refractivity contribution in [3.63, 3.8) is 0 Å². The van der Waals surface area contributed by atoms with Gasteiger partial charge in [-0.1, -0.05) is 6.92 Å². The number of carbonyl (C=O) groups excluding carboxylic acids is 2. The molecule has 1 aromatic carbocycles. The molecule has 1 aliphatic heterocycles. The van der Waals surface area contributed by atoms with E-state index >= 15 is 0 Å². The van der Waals surface area contributed by atoms with Gasteiger partial charge in [0.15, 0.2) is 0 Å². The minimum atomic E-state index is -0.0924. The third kappa shape index (κ3) is 4.77. The molecule has 0 saturated carbocycles. The standard InChI is InChI=1S/C16H23N3O2/c1-12-7-9-19(10-8-12)16(21)11-17-14-3-5-15(6-4-14)18-13(2)20/h3-6,12,17H,7-11H2,1-2H3,(H,18,20). The van der Waals surface area contributed by atoms with Crippen LogP contribution in [-0.2, 0) is 9.59 Å². The molecule has 0 spiro atoms. The highest BCUT2D eigenvalue weighted by atomic mass is 16.2. The first kappa shape index (κ1) is 15.4. The molecular weight excluding hydrogens is 266 g/mol. The summed E-state index contributed by atoms with van der Waals surface area (Å²) in [5.74, 6) is 0.779. The predicted molar refractivity (Wildman–Crippen MR) is 84.2 cm³/mol. The Bertz CT molecular complexity index is 491. The lowest BCUT2D eigenvalue weighted by Gasteiger charge is -2.30. The molecule has 1 saturated heterocycles.